The molecular weight excluding hydrogens is 219 g/mol. The number of rotatable bonds is 4. The molecule has 3 rings (SSSR count). The fourth-order valence-electron chi connectivity index (χ4n) is 2.14. The van der Waals surface area contributed by atoms with E-state index in [2.05, 4.69) is 10.3 Å². The SMILES string of the molecule is Oc1c(F)ccc2[nH]cc(CCNC3CC3)c12. The Hall–Kier alpha value is -1.55. The number of hydrogen-bond acceptors (Lipinski definition) is 2. The maximum absolute atomic E-state index is 13.3. The number of H-pyrrole nitrogens is 1. The number of aromatic nitrogens is 1. The summed E-state index contributed by atoms with van der Waals surface area (Å²) in [7, 11) is 0. The lowest BCUT2D eigenvalue weighted by atomic mass is 10.1. The van der Waals surface area contributed by atoms with Crippen LogP contribution >= 0.6 is 0 Å². The Balaban J connectivity index is 1.84. The maximum Gasteiger partial charge on any atom is 0.165 e. The number of fused-ring (bicyclic) bond motifs is 1. The molecule has 0 amide bonds. The first kappa shape index (κ1) is 10.6. The molecule has 1 heterocycles. The van der Waals surface area contributed by atoms with Crippen LogP contribution in [-0.4, -0.2) is 22.7 Å². The highest BCUT2D eigenvalue weighted by Crippen LogP contribution is 2.30. The number of aromatic amines is 1. The largest absolute Gasteiger partial charge is 0.504 e. The standard InChI is InChI=1S/C13H15FN2O/c14-10-3-4-11-12(13(10)17)8(7-16-11)5-6-15-9-1-2-9/h3-4,7,9,15-17H,1-2,5-6H2. The fraction of sp³-hybridized carbons (Fsp3) is 0.385. The molecule has 1 aliphatic carbocycles. The molecule has 90 valence electrons. The lowest BCUT2D eigenvalue weighted by Crippen LogP contribution is -2.19. The second-order valence-corrected chi connectivity index (χ2v) is 4.61. The summed E-state index contributed by atoms with van der Waals surface area (Å²) < 4.78 is 13.3. The van der Waals surface area contributed by atoms with Gasteiger partial charge in [-0.3, -0.25) is 0 Å². The minimum atomic E-state index is -0.562. The minimum Gasteiger partial charge on any atom is -0.504 e. The summed E-state index contributed by atoms with van der Waals surface area (Å²) >= 11 is 0. The lowest BCUT2D eigenvalue weighted by Gasteiger charge is -2.03. The zero-order valence-electron chi connectivity index (χ0n) is 9.46. The van der Waals surface area contributed by atoms with Gasteiger partial charge in [0.15, 0.2) is 11.6 Å². The van der Waals surface area contributed by atoms with Crippen LogP contribution in [0.15, 0.2) is 18.3 Å². The molecule has 1 aromatic heterocycles. The molecule has 0 unspecified atom stereocenters. The molecule has 1 aliphatic rings. The molecule has 1 aromatic carbocycles. The summed E-state index contributed by atoms with van der Waals surface area (Å²) in [5, 5.41) is 13.8. The van der Waals surface area contributed by atoms with Crippen LogP contribution in [0, 0.1) is 5.82 Å². The van der Waals surface area contributed by atoms with Crippen LogP contribution in [0.1, 0.15) is 18.4 Å². The molecule has 2 aromatic rings. The second kappa shape index (κ2) is 4.04. The van der Waals surface area contributed by atoms with Crippen LogP contribution in [-0.2, 0) is 6.42 Å². The van der Waals surface area contributed by atoms with Gasteiger partial charge in [-0.2, -0.15) is 0 Å². The van der Waals surface area contributed by atoms with Crippen LogP contribution < -0.4 is 5.32 Å². The first-order valence-corrected chi connectivity index (χ1v) is 5.96. The van der Waals surface area contributed by atoms with E-state index in [1.54, 1.807) is 6.07 Å². The van der Waals surface area contributed by atoms with E-state index in [0.717, 1.165) is 24.0 Å². The van der Waals surface area contributed by atoms with Crippen molar-refractivity contribution in [3.63, 3.8) is 0 Å². The Kier molecular flexibility index (Phi) is 2.52. The van der Waals surface area contributed by atoms with E-state index < -0.39 is 5.82 Å². The molecule has 4 heteroatoms. The predicted octanol–water partition coefficient (Wildman–Crippen LogP) is 2.31. The first-order chi connectivity index (χ1) is 8.25. The van der Waals surface area contributed by atoms with Crippen molar-refractivity contribution in [2.24, 2.45) is 0 Å². The van der Waals surface area contributed by atoms with E-state index >= 15 is 0 Å². The van der Waals surface area contributed by atoms with E-state index in [0.29, 0.717) is 11.4 Å². The summed E-state index contributed by atoms with van der Waals surface area (Å²) in [6, 6.07) is 3.60. The van der Waals surface area contributed by atoms with Crippen LogP contribution in [0.25, 0.3) is 10.9 Å². The molecule has 1 saturated carbocycles. The maximum atomic E-state index is 13.3. The van der Waals surface area contributed by atoms with Gasteiger partial charge in [-0.05, 0) is 43.5 Å². The molecule has 0 saturated heterocycles. The van der Waals surface area contributed by atoms with Crippen molar-refractivity contribution in [3.8, 4) is 5.75 Å². The third-order valence-electron chi connectivity index (χ3n) is 3.26. The number of aromatic hydroxyl groups is 1. The zero-order valence-corrected chi connectivity index (χ0v) is 9.46. The first-order valence-electron chi connectivity index (χ1n) is 5.96. The smallest absolute Gasteiger partial charge is 0.165 e. The van der Waals surface area contributed by atoms with Gasteiger partial charge in [0.25, 0.3) is 0 Å². The van der Waals surface area contributed by atoms with Gasteiger partial charge in [0.2, 0.25) is 0 Å². The zero-order chi connectivity index (χ0) is 11.8. The number of phenolic OH excluding ortho intramolecular Hbond substituents is 1. The van der Waals surface area contributed by atoms with E-state index in [-0.39, 0.29) is 5.75 Å². The highest BCUT2D eigenvalue weighted by Gasteiger charge is 2.20. The topological polar surface area (TPSA) is 48.0 Å². The Morgan fingerprint density at radius 2 is 2.24 bits per heavy atom. The van der Waals surface area contributed by atoms with Gasteiger partial charge < -0.3 is 15.4 Å². The average Bonchev–Trinajstić information content (AvgIpc) is 3.04. The average molecular weight is 234 g/mol. The van der Waals surface area contributed by atoms with Crippen molar-refractivity contribution in [3.05, 3.63) is 29.7 Å². The normalized spacial score (nSPS) is 15.6. The molecular formula is C13H15FN2O. The van der Waals surface area contributed by atoms with Crippen molar-refractivity contribution < 1.29 is 9.50 Å². The summed E-state index contributed by atoms with van der Waals surface area (Å²) in [6.45, 7) is 0.869. The Morgan fingerprint density at radius 1 is 1.41 bits per heavy atom. The van der Waals surface area contributed by atoms with Gasteiger partial charge in [0.1, 0.15) is 0 Å². The summed E-state index contributed by atoms with van der Waals surface area (Å²) in [6.07, 6.45) is 5.16. The van der Waals surface area contributed by atoms with Gasteiger partial charge in [-0.1, -0.05) is 0 Å². The van der Waals surface area contributed by atoms with Crippen molar-refractivity contribution in [2.75, 3.05) is 6.54 Å². The van der Waals surface area contributed by atoms with Crippen LogP contribution in [0.2, 0.25) is 0 Å². The Labute approximate surface area is 98.7 Å². The van der Waals surface area contributed by atoms with Crippen LogP contribution in [0.5, 0.6) is 5.75 Å². The Bertz CT molecular complexity index is 546. The Morgan fingerprint density at radius 3 is 3.00 bits per heavy atom. The van der Waals surface area contributed by atoms with Gasteiger partial charge in [0, 0.05) is 23.1 Å². The molecule has 3 nitrogen and oxygen atoms in total. The van der Waals surface area contributed by atoms with E-state index in [4.69, 9.17) is 0 Å². The molecule has 3 N–H and O–H groups in total. The summed E-state index contributed by atoms with van der Waals surface area (Å²) in [5.41, 5.74) is 1.75. The second-order valence-electron chi connectivity index (χ2n) is 4.61. The number of hydrogen-bond donors (Lipinski definition) is 3. The van der Waals surface area contributed by atoms with Crippen molar-refractivity contribution >= 4 is 10.9 Å². The summed E-state index contributed by atoms with van der Waals surface area (Å²) in [5.74, 6) is -0.807. The monoisotopic (exact) mass is 234 g/mol. The van der Waals surface area contributed by atoms with Crippen molar-refractivity contribution in [1.29, 1.82) is 0 Å². The molecule has 0 spiro atoms. The molecule has 17 heavy (non-hydrogen) atoms. The molecule has 0 radical (unpaired) electrons. The van der Waals surface area contributed by atoms with Gasteiger partial charge in [-0.15, -0.1) is 0 Å². The number of phenols is 1. The van der Waals surface area contributed by atoms with Gasteiger partial charge in [0.05, 0.1) is 0 Å². The van der Waals surface area contributed by atoms with Crippen molar-refractivity contribution in [2.45, 2.75) is 25.3 Å². The number of nitrogens with one attached hydrogen (secondary N) is 2. The van der Waals surface area contributed by atoms with Crippen LogP contribution in [0.3, 0.4) is 0 Å². The number of benzene rings is 1. The van der Waals surface area contributed by atoms with Gasteiger partial charge >= 0.3 is 0 Å². The summed E-state index contributed by atoms with van der Waals surface area (Å²) in [4.78, 5) is 3.06. The molecule has 0 bridgehead atoms. The lowest BCUT2D eigenvalue weighted by molar-refractivity contribution is 0.438. The van der Waals surface area contributed by atoms with Gasteiger partial charge in [-0.25, -0.2) is 4.39 Å². The van der Waals surface area contributed by atoms with Crippen LogP contribution in [0.4, 0.5) is 4.39 Å². The predicted molar refractivity (Wildman–Crippen MR) is 64.7 cm³/mol. The molecule has 1 fully saturated rings. The van der Waals surface area contributed by atoms with E-state index in [9.17, 15) is 9.50 Å². The van der Waals surface area contributed by atoms with Crippen molar-refractivity contribution in [1.82, 2.24) is 10.3 Å². The number of halogens is 1. The minimum absolute atomic E-state index is 0.245. The third-order valence-corrected chi connectivity index (χ3v) is 3.26. The highest BCUT2D eigenvalue weighted by molar-refractivity contribution is 5.89. The molecule has 0 aliphatic heterocycles. The van der Waals surface area contributed by atoms with E-state index in [1.165, 1.54) is 18.9 Å². The quantitative estimate of drug-likeness (QED) is 0.760. The fourth-order valence-corrected chi connectivity index (χ4v) is 2.14. The highest BCUT2D eigenvalue weighted by atomic mass is 19.1. The third kappa shape index (κ3) is 2.00. The molecule has 0 atom stereocenters. The van der Waals surface area contributed by atoms with E-state index in [1.807, 2.05) is 6.20 Å².